The van der Waals surface area contributed by atoms with Crippen LogP contribution >= 0.6 is 11.6 Å². The summed E-state index contributed by atoms with van der Waals surface area (Å²) in [5.41, 5.74) is 0.219. The molecule has 0 aliphatic heterocycles. The average Bonchev–Trinajstić information content (AvgIpc) is 2.08. The molecule has 0 saturated heterocycles. The van der Waals surface area contributed by atoms with Gasteiger partial charge in [0.1, 0.15) is 0 Å². The molecule has 5 nitrogen and oxygen atoms in total. The van der Waals surface area contributed by atoms with E-state index in [0.29, 0.717) is 5.56 Å². The highest BCUT2D eigenvalue weighted by molar-refractivity contribution is 6.28. The third-order valence-electron chi connectivity index (χ3n) is 1.47. The van der Waals surface area contributed by atoms with Gasteiger partial charge in [0.25, 0.3) is 0 Å². The lowest BCUT2D eigenvalue weighted by Gasteiger charge is -2.05. The van der Waals surface area contributed by atoms with Crippen molar-refractivity contribution in [2.45, 2.75) is 6.92 Å². The number of aromatic nitrogens is 2. The van der Waals surface area contributed by atoms with Gasteiger partial charge in [0, 0.05) is 5.56 Å². The molecule has 0 saturated carbocycles. The lowest BCUT2D eigenvalue weighted by Crippen LogP contribution is -2.07. The zero-order chi connectivity index (χ0) is 10.0. The summed E-state index contributed by atoms with van der Waals surface area (Å²) in [7, 11) is 1.39. The van der Waals surface area contributed by atoms with Crippen LogP contribution in [0.15, 0.2) is 0 Å². The Morgan fingerprint density at radius 2 is 2.15 bits per heavy atom. The van der Waals surface area contributed by atoms with Crippen LogP contribution in [0.25, 0.3) is 0 Å². The van der Waals surface area contributed by atoms with E-state index in [1.165, 1.54) is 7.11 Å². The summed E-state index contributed by atoms with van der Waals surface area (Å²) in [6.07, 6.45) is 0. The van der Waals surface area contributed by atoms with Crippen molar-refractivity contribution >= 4 is 17.6 Å². The van der Waals surface area contributed by atoms with Crippen molar-refractivity contribution < 1.29 is 14.6 Å². The molecule has 6 heteroatoms. The quantitative estimate of drug-likeness (QED) is 0.729. The highest BCUT2D eigenvalue weighted by Gasteiger charge is 2.15. The van der Waals surface area contributed by atoms with E-state index in [1.807, 2.05) is 0 Å². The first-order valence-electron chi connectivity index (χ1n) is 3.37. The minimum Gasteiger partial charge on any atom is -0.481 e. The van der Waals surface area contributed by atoms with Crippen LogP contribution in [0.2, 0.25) is 5.28 Å². The number of carbonyl (C=O) groups is 1. The van der Waals surface area contributed by atoms with Gasteiger partial charge in [0.05, 0.1) is 7.11 Å². The van der Waals surface area contributed by atoms with E-state index in [-0.39, 0.29) is 16.9 Å². The Balaban J connectivity index is 3.35. The van der Waals surface area contributed by atoms with Crippen molar-refractivity contribution in [2.75, 3.05) is 7.11 Å². The third kappa shape index (κ3) is 1.86. The van der Waals surface area contributed by atoms with Crippen LogP contribution < -0.4 is 4.74 Å². The summed E-state index contributed by atoms with van der Waals surface area (Å²) in [6, 6.07) is 0. The zero-order valence-corrected chi connectivity index (χ0v) is 7.79. The number of rotatable bonds is 2. The fraction of sp³-hybridized carbons (Fsp3) is 0.286. The van der Waals surface area contributed by atoms with Crippen LogP contribution in [-0.4, -0.2) is 28.2 Å². The van der Waals surface area contributed by atoms with Gasteiger partial charge in [-0.05, 0) is 18.5 Å². The maximum Gasteiger partial charge on any atom is 0.355 e. The van der Waals surface area contributed by atoms with Crippen LogP contribution in [0.5, 0.6) is 5.88 Å². The van der Waals surface area contributed by atoms with Crippen LogP contribution in [0, 0.1) is 6.92 Å². The number of nitrogens with zero attached hydrogens (tertiary/aromatic N) is 2. The van der Waals surface area contributed by atoms with E-state index in [0.717, 1.165) is 0 Å². The SMILES string of the molecule is COc1nc(Cl)nc(C(=O)O)c1C. The minimum absolute atomic E-state index is 0.139. The number of methoxy groups -OCH3 is 1. The molecule has 1 aromatic heterocycles. The summed E-state index contributed by atoms with van der Waals surface area (Å²) in [6.45, 7) is 1.55. The number of hydrogen-bond acceptors (Lipinski definition) is 4. The Morgan fingerprint density at radius 3 is 2.62 bits per heavy atom. The number of carboxylic acids is 1. The molecule has 1 N–H and O–H groups in total. The largest absolute Gasteiger partial charge is 0.481 e. The molecule has 0 bridgehead atoms. The molecular weight excluding hydrogens is 196 g/mol. The molecule has 0 spiro atoms. The molecule has 0 unspecified atom stereocenters. The molecule has 1 heterocycles. The fourth-order valence-corrected chi connectivity index (χ4v) is 1.04. The second-order valence-electron chi connectivity index (χ2n) is 2.28. The lowest BCUT2D eigenvalue weighted by molar-refractivity contribution is 0.0688. The van der Waals surface area contributed by atoms with Crippen molar-refractivity contribution in [3.05, 3.63) is 16.5 Å². The number of carboxylic acid groups (broad SMARTS) is 1. The second kappa shape index (κ2) is 3.57. The zero-order valence-electron chi connectivity index (χ0n) is 7.04. The van der Waals surface area contributed by atoms with Gasteiger partial charge in [-0.25, -0.2) is 9.78 Å². The molecule has 0 radical (unpaired) electrons. The predicted molar refractivity (Wildman–Crippen MR) is 45.3 cm³/mol. The summed E-state index contributed by atoms with van der Waals surface area (Å²) in [4.78, 5) is 17.9. The first-order valence-corrected chi connectivity index (χ1v) is 3.75. The van der Waals surface area contributed by atoms with Crippen LogP contribution in [0.1, 0.15) is 16.1 Å². The smallest absolute Gasteiger partial charge is 0.355 e. The highest BCUT2D eigenvalue weighted by Crippen LogP contribution is 2.19. The molecule has 1 aromatic rings. The van der Waals surface area contributed by atoms with Gasteiger partial charge < -0.3 is 9.84 Å². The van der Waals surface area contributed by atoms with Gasteiger partial charge in [-0.2, -0.15) is 4.98 Å². The van der Waals surface area contributed by atoms with Crippen LogP contribution in [0.4, 0.5) is 0 Å². The summed E-state index contributed by atoms with van der Waals surface area (Å²) < 4.78 is 4.82. The summed E-state index contributed by atoms with van der Waals surface area (Å²) in [5.74, 6) is -0.975. The predicted octanol–water partition coefficient (Wildman–Crippen LogP) is 1.15. The Labute approximate surface area is 79.3 Å². The van der Waals surface area contributed by atoms with Crippen molar-refractivity contribution in [1.82, 2.24) is 9.97 Å². The first-order chi connectivity index (χ1) is 6.06. The van der Waals surface area contributed by atoms with Gasteiger partial charge in [-0.15, -0.1) is 0 Å². The molecule has 0 aliphatic carbocycles. The first kappa shape index (κ1) is 9.73. The highest BCUT2D eigenvalue weighted by atomic mass is 35.5. The molecule has 0 fully saturated rings. The normalized spacial score (nSPS) is 9.77. The van der Waals surface area contributed by atoms with E-state index in [1.54, 1.807) is 6.92 Å². The Kier molecular flexibility index (Phi) is 2.67. The number of hydrogen-bond donors (Lipinski definition) is 1. The Morgan fingerprint density at radius 1 is 1.54 bits per heavy atom. The molecule has 0 aromatic carbocycles. The topological polar surface area (TPSA) is 72.3 Å². The molecule has 1 rings (SSSR count). The summed E-state index contributed by atoms with van der Waals surface area (Å²) >= 11 is 5.48. The Bertz CT molecular complexity index is 354. The molecule has 0 aliphatic rings. The Hall–Kier alpha value is -1.36. The van der Waals surface area contributed by atoms with Gasteiger partial charge in [0.2, 0.25) is 11.2 Å². The van der Waals surface area contributed by atoms with Gasteiger partial charge in [0.15, 0.2) is 5.69 Å². The average molecular weight is 203 g/mol. The molecule has 0 atom stereocenters. The van der Waals surface area contributed by atoms with Gasteiger partial charge >= 0.3 is 5.97 Å². The van der Waals surface area contributed by atoms with Crippen LogP contribution in [0.3, 0.4) is 0 Å². The number of halogens is 1. The van der Waals surface area contributed by atoms with Crippen molar-refractivity contribution in [1.29, 1.82) is 0 Å². The summed E-state index contributed by atoms with van der Waals surface area (Å²) in [5, 5.41) is 8.57. The monoisotopic (exact) mass is 202 g/mol. The van der Waals surface area contributed by atoms with Crippen molar-refractivity contribution in [2.24, 2.45) is 0 Å². The minimum atomic E-state index is -1.15. The van der Waals surface area contributed by atoms with Crippen molar-refractivity contribution in [3.63, 3.8) is 0 Å². The van der Waals surface area contributed by atoms with E-state index in [4.69, 9.17) is 21.4 Å². The van der Waals surface area contributed by atoms with E-state index < -0.39 is 5.97 Å². The van der Waals surface area contributed by atoms with E-state index in [2.05, 4.69) is 9.97 Å². The van der Waals surface area contributed by atoms with Crippen molar-refractivity contribution in [3.8, 4) is 5.88 Å². The molecule has 70 valence electrons. The van der Waals surface area contributed by atoms with Crippen LogP contribution in [-0.2, 0) is 0 Å². The lowest BCUT2D eigenvalue weighted by atomic mass is 10.2. The van der Waals surface area contributed by atoms with E-state index >= 15 is 0 Å². The maximum absolute atomic E-state index is 10.6. The standard InChI is InChI=1S/C7H7ClN2O3/c1-3-4(6(11)12)9-7(8)10-5(3)13-2/h1-2H3,(H,11,12). The molecule has 13 heavy (non-hydrogen) atoms. The number of aromatic carboxylic acids is 1. The molecule has 0 amide bonds. The fourth-order valence-electron chi connectivity index (χ4n) is 0.877. The maximum atomic E-state index is 10.6. The van der Waals surface area contributed by atoms with Gasteiger partial charge in [-0.1, -0.05) is 0 Å². The van der Waals surface area contributed by atoms with Gasteiger partial charge in [-0.3, -0.25) is 0 Å². The van der Waals surface area contributed by atoms with E-state index in [9.17, 15) is 4.79 Å². The second-order valence-corrected chi connectivity index (χ2v) is 2.62. The number of ether oxygens (including phenoxy) is 1. The molecular formula is C7H7ClN2O3. The third-order valence-corrected chi connectivity index (χ3v) is 1.64.